The topological polar surface area (TPSA) is 9.23 Å². The van der Waals surface area contributed by atoms with E-state index in [0.717, 1.165) is 12.2 Å². The van der Waals surface area contributed by atoms with Gasteiger partial charge in [-0.3, -0.25) is 0 Å². The van der Waals surface area contributed by atoms with Crippen LogP contribution in [-0.2, 0) is 23.2 Å². The molecular weight excluding hydrogens is 340 g/mol. The summed E-state index contributed by atoms with van der Waals surface area (Å²) in [6, 6.07) is 6.74. The Bertz CT molecular complexity index is 745. The van der Waals surface area contributed by atoms with Crippen molar-refractivity contribution in [2.75, 3.05) is 0 Å². The minimum absolute atomic E-state index is 0.139. The third-order valence-electron chi connectivity index (χ3n) is 4.60. The van der Waals surface area contributed by atoms with Crippen molar-refractivity contribution in [2.45, 2.75) is 74.1 Å². The zero-order valence-electron chi connectivity index (χ0n) is 17.5. The Morgan fingerprint density at radius 3 is 2.12 bits per heavy atom. The fourth-order valence-corrected chi connectivity index (χ4v) is 6.82. The van der Waals surface area contributed by atoms with E-state index in [4.69, 9.17) is 3.32 Å². The van der Waals surface area contributed by atoms with Gasteiger partial charge in [-0.05, 0) is 0 Å². The quantitative estimate of drug-likeness (QED) is 0.537. The second kappa shape index (κ2) is 7.37. The maximum absolute atomic E-state index is 6.73. The van der Waals surface area contributed by atoms with Gasteiger partial charge < -0.3 is 0 Å². The monoisotopic (exact) mass is 374 g/mol. The second-order valence-corrected chi connectivity index (χ2v) is 13.3. The van der Waals surface area contributed by atoms with E-state index in [1.807, 2.05) is 0 Å². The zero-order chi connectivity index (χ0) is 19.0. The van der Waals surface area contributed by atoms with Gasteiger partial charge in [-0.15, -0.1) is 0 Å². The summed E-state index contributed by atoms with van der Waals surface area (Å²) < 4.78 is 9.78. The Balaban J connectivity index is 2.47. The van der Waals surface area contributed by atoms with Crippen LogP contribution in [0.15, 0.2) is 39.8 Å². The van der Waals surface area contributed by atoms with Crippen LogP contribution in [0.1, 0.15) is 72.9 Å². The van der Waals surface area contributed by atoms with E-state index in [2.05, 4.69) is 92.7 Å². The van der Waals surface area contributed by atoms with Gasteiger partial charge in [0.05, 0.1) is 0 Å². The molecule has 1 nitrogen and oxygen atoms in total. The van der Waals surface area contributed by atoms with Crippen LogP contribution in [0.2, 0.25) is 0 Å². The van der Waals surface area contributed by atoms with Gasteiger partial charge in [-0.2, -0.15) is 0 Å². The molecule has 1 aromatic carbocycles. The fourth-order valence-electron chi connectivity index (χ4n) is 3.25. The number of hydrogen-bond donors (Lipinski definition) is 0. The van der Waals surface area contributed by atoms with Gasteiger partial charge in [0.2, 0.25) is 0 Å². The van der Waals surface area contributed by atoms with Crippen molar-refractivity contribution >= 4 is 3.81 Å². The van der Waals surface area contributed by atoms with Gasteiger partial charge in [0.1, 0.15) is 0 Å². The summed E-state index contributed by atoms with van der Waals surface area (Å²) in [6.45, 7) is 20.4. The first-order valence-corrected chi connectivity index (χ1v) is 11.5. The molecule has 136 valence electrons. The average Bonchev–Trinajstić information content (AvgIpc) is 2.92. The molecule has 0 radical (unpaired) electrons. The molecule has 0 spiro atoms. The summed E-state index contributed by atoms with van der Waals surface area (Å²) >= 11 is -1.93. The van der Waals surface area contributed by atoms with Gasteiger partial charge in [0.15, 0.2) is 0 Å². The summed E-state index contributed by atoms with van der Waals surface area (Å²) in [6.07, 6.45) is 5.70. The Morgan fingerprint density at radius 1 is 0.960 bits per heavy atom. The molecule has 2 rings (SSSR count). The normalized spacial score (nSPS) is 14.9. The summed E-state index contributed by atoms with van der Waals surface area (Å²) in [7, 11) is 0. The first kappa shape index (κ1) is 20.4. The van der Waals surface area contributed by atoms with Crippen LogP contribution in [0.5, 0.6) is 5.75 Å². The predicted octanol–water partition coefficient (Wildman–Crippen LogP) is 6.68. The van der Waals surface area contributed by atoms with E-state index in [-0.39, 0.29) is 10.8 Å². The Hall–Kier alpha value is -0.916. The third-order valence-corrected chi connectivity index (χ3v) is 8.31. The minimum atomic E-state index is -1.93. The van der Waals surface area contributed by atoms with Crippen LogP contribution in [0.3, 0.4) is 0 Å². The molecule has 0 saturated carbocycles. The first-order valence-electron chi connectivity index (χ1n) is 9.27. The summed E-state index contributed by atoms with van der Waals surface area (Å²) in [5.41, 5.74) is 4.45. The van der Waals surface area contributed by atoms with E-state index in [0.29, 0.717) is 0 Å². The van der Waals surface area contributed by atoms with E-state index in [9.17, 15) is 0 Å². The van der Waals surface area contributed by atoms with Gasteiger partial charge in [-0.1, -0.05) is 0 Å². The Labute approximate surface area is 161 Å². The molecule has 1 aliphatic rings. The molecule has 2 heteroatoms. The molecule has 1 aliphatic carbocycles. The van der Waals surface area contributed by atoms with Crippen molar-refractivity contribution in [3.05, 3.63) is 50.9 Å². The fraction of sp³-hybridized carbons (Fsp3) is 0.522. The van der Waals surface area contributed by atoms with Crippen LogP contribution in [0.4, 0.5) is 0 Å². The molecule has 25 heavy (non-hydrogen) atoms. The molecule has 0 atom stereocenters. The van der Waals surface area contributed by atoms with Crippen molar-refractivity contribution < 1.29 is 21.1 Å². The predicted molar refractivity (Wildman–Crippen MR) is 107 cm³/mol. The summed E-state index contributed by atoms with van der Waals surface area (Å²) in [4.78, 5) is 0. The van der Waals surface area contributed by atoms with Crippen LogP contribution < -0.4 is 3.32 Å². The van der Waals surface area contributed by atoms with E-state index < -0.39 is 17.8 Å². The molecule has 0 aromatic heterocycles. The van der Waals surface area contributed by atoms with Crippen molar-refractivity contribution in [3.63, 3.8) is 0 Å². The van der Waals surface area contributed by atoms with Crippen molar-refractivity contribution in [2.24, 2.45) is 5.41 Å². The van der Waals surface area contributed by atoms with Crippen molar-refractivity contribution in [3.8, 4) is 5.75 Å². The number of benzene rings is 1. The van der Waals surface area contributed by atoms with Crippen LogP contribution >= 0.6 is 0 Å². The molecule has 0 aliphatic heterocycles. The number of rotatable bonds is 3. The molecule has 0 saturated heterocycles. The zero-order valence-corrected chi connectivity index (χ0v) is 19.1. The van der Waals surface area contributed by atoms with E-state index in [1.54, 1.807) is 3.88 Å². The number of aryl methyl sites for hydroxylation is 1. The van der Waals surface area contributed by atoms with E-state index in [1.165, 1.54) is 20.5 Å². The van der Waals surface area contributed by atoms with Crippen LogP contribution in [0, 0.1) is 12.3 Å². The maximum atomic E-state index is 6.73. The Morgan fingerprint density at radius 2 is 1.60 bits per heavy atom. The number of hydrogen-bond acceptors (Lipinski definition) is 1. The molecular formula is C23H34OTi. The average molecular weight is 374 g/mol. The standard InChI is InChI=1S/C11H16O.C9H13.C3H6.Ti/c1-8-5-9(11(2,3)4)7-10(12)6-8;1-9(2,3)8-6-4-5-7-8;1-3-2;/h5-7,12H,1-4H3;4,6H,5H2,1-3H3;1-2H3;/q;;;+1/p-1. The molecule has 0 unspecified atom stereocenters. The molecule has 0 bridgehead atoms. The van der Waals surface area contributed by atoms with Crippen LogP contribution in [0.25, 0.3) is 0 Å². The van der Waals surface area contributed by atoms with Crippen molar-refractivity contribution in [1.29, 1.82) is 0 Å². The van der Waals surface area contributed by atoms with Gasteiger partial charge in [0.25, 0.3) is 0 Å². The molecule has 0 heterocycles. The number of allylic oxidation sites excluding steroid dienone is 4. The van der Waals surface area contributed by atoms with Gasteiger partial charge in [0, 0.05) is 0 Å². The summed E-state index contributed by atoms with van der Waals surface area (Å²) in [5, 5.41) is 0. The third kappa shape index (κ3) is 5.05. The van der Waals surface area contributed by atoms with E-state index >= 15 is 0 Å². The van der Waals surface area contributed by atoms with Gasteiger partial charge in [-0.25, -0.2) is 0 Å². The summed E-state index contributed by atoms with van der Waals surface area (Å²) in [5.74, 6) is 1.05. The van der Waals surface area contributed by atoms with Gasteiger partial charge >= 0.3 is 161 Å². The first-order chi connectivity index (χ1) is 11.4. The molecule has 1 aromatic rings. The molecule has 0 fully saturated rings. The Kier molecular flexibility index (Phi) is 6.01. The second-order valence-electron chi connectivity index (χ2n) is 9.46. The van der Waals surface area contributed by atoms with Crippen LogP contribution in [-0.4, -0.2) is 3.81 Å². The molecule has 0 amide bonds. The van der Waals surface area contributed by atoms with Crippen molar-refractivity contribution in [1.82, 2.24) is 0 Å². The molecule has 0 N–H and O–H groups in total. The SMILES string of the molecule is C[C](C)=[Ti]([O]c1cc(C)cc(C(C)(C)C)c1)[C]1=C(C(C)(C)C)C=CC1.